The van der Waals surface area contributed by atoms with Gasteiger partial charge in [0.05, 0.1) is 6.61 Å². The van der Waals surface area contributed by atoms with Gasteiger partial charge < -0.3 is 10.5 Å². The third kappa shape index (κ3) is 2.51. The predicted octanol–water partition coefficient (Wildman–Crippen LogP) is 2.51. The minimum absolute atomic E-state index is 0.0765. The van der Waals surface area contributed by atoms with E-state index in [0.717, 1.165) is 18.8 Å². The van der Waals surface area contributed by atoms with Crippen LogP contribution in [0.15, 0.2) is 24.3 Å². The minimum Gasteiger partial charge on any atom is -0.494 e. The molecule has 2 nitrogen and oxygen atoms in total. The average molecular weight is 205 g/mol. The Bertz CT molecular complexity index is 314. The molecule has 0 bridgehead atoms. The average Bonchev–Trinajstić information content (AvgIpc) is 2.19. The van der Waals surface area contributed by atoms with Crippen molar-refractivity contribution in [1.29, 1.82) is 0 Å². The van der Waals surface area contributed by atoms with Crippen molar-refractivity contribution in [2.75, 3.05) is 6.61 Å². The first kappa shape index (κ1) is 10.5. The molecule has 1 aliphatic rings. The van der Waals surface area contributed by atoms with Crippen LogP contribution >= 0.6 is 0 Å². The molecule has 0 aromatic heterocycles. The van der Waals surface area contributed by atoms with Gasteiger partial charge in [-0.1, -0.05) is 12.1 Å². The molecule has 0 atom stereocenters. The highest BCUT2D eigenvalue weighted by Crippen LogP contribution is 2.32. The maximum Gasteiger partial charge on any atom is 0.119 e. The second-order valence-electron chi connectivity index (χ2n) is 4.47. The van der Waals surface area contributed by atoms with E-state index in [-0.39, 0.29) is 5.54 Å². The van der Waals surface area contributed by atoms with Crippen LogP contribution in [0, 0.1) is 0 Å². The van der Waals surface area contributed by atoms with Gasteiger partial charge in [0.25, 0.3) is 0 Å². The van der Waals surface area contributed by atoms with Gasteiger partial charge in [0.2, 0.25) is 0 Å². The van der Waals surface area contributed by atoms with Gasteiger partial charge in [-0.3, -0.25) is 0 Å². The van der Waals surface area contributed by atoms with Crippen LogP contribution in [-0.2, 0) is 6.42 Å². The Hall–Kier alpha value is -1.02. The van der Waals surface area contributed by atoms with E-state index in [9.17, 15) is 0 Å². The summed E-state index contributed by atoms with van der Waals surface area (Å²) in [7, 11) is 0. The molecular formula is C13H19NO. The lowest BCUT2D eigenvalue weighted by Gasteiger charge is -2.38. The molecular weight excluding hydrogens is 186 g/mol. The van der Waals surface area contributed by atoms with Gasteiger partial charge >= 0.3 is 0 Å². The van der Waals surface area contributed by atoms with E-state index in [4.69, 9.17) is 10.5 Å². The monoisotopic (exact) mass is 205 g/mol. The molecule has 1 fully saturated rings. The maximum atomic E-state index is 6.20. The smallest absolute Gasteiger partial charge is 0.119 e. The number of ether oxygens (including phenoxy) is 1. The van der Waals surface area contributed by atoms with Gasteiger partial charge in [0.1, 0.15) is 5.75 Å². The molecule has 0 unspecified atom stereocenters. The lowest BCUT2D eigenvalue weighted by molar-refractivity contribution is 0.247. The van der Waals surface area contributed by atoms with Crippen LogP contribution in [0.2, 0.25) is 0 Å². The van der Waals surface area contributed by atoms with Crippen LogP contribution in [-0.4, -0.2) is 12.1 Å². The normalized spacial score (nSPS) is 18.3. The number of hydrogen-bond donors (Lipinski definition) is 1. The van der Waals surface area contributed by atoms with Crippen molar-refractivity contribution in [3.8, 4) is 5.75 Å². The highest BCUT2D eigenvalue weighted by molar-refractivity contribution is 5.28. The predicted molar refractivity (Wildman–Crippen MR) is 62.1 cm³/mol. The summed E-state index contributed by atoms with van der Waals surface area (Å²) in [6.45, 7) is 2.72. The van der Waals surface area contributed by atoms with Crippen molar-refractivity contribution in [2.45, 2.75) is 38.1 Å². The Morgan fingerprint density at radius 3 is 2.40 bits per heavy atom. The van der Waals surface area contributed by atoms with Gasteiger partial charge in [0, 0.05) is 5.54 Å². The molecule has 0 aliphatic heterocycles. The van der Waals surface area contributed by atoms with Crippen LogP contribution < -0.4 is 10.5 Å². The summed E-state index contributed by atoms with van der Waals surface area (Å²) in [6.07, 6.45) is 4.62. The standard InChI is InChI=1S/C13H19NO/c1-2-15-12-6-4-11(5-7-12)10-13(14)8-3-9-13/h4-7H,2-3,8-10,14H2,1H3. The lowest BCUT2D eigenvalue weighted by Crippen LogP contribution is -2.48. The largest absolute Gasteiger partial charge is 0.494 e. The summed E-state index contributed by atoms with van der Waals surface area (Å²) in [5.74, 6) is 0.945. The van der Waals surface area contributed by atoms with E-state index in [2.05, 4.69) is 12.1 Å². The summed E-state index contributed by atoms with van der Waals surface area (Å²) in [6, 6.07) is 8.30. The summed E-state index contributed by atoms with van der Waals surface area (Å²) in [5.41, 5.74) is 7.60. The lowest BCUT2D eigenvalue weighted by atomic mass is 9.74. The Balaban J connectivity index is 1.97. The van der Waals surface area contributed by atoms with Gasteiger partial charge in [-0.15, -0.1) is 0 Å². The molecule has 1 aromatic carbocycles. The van der Waals surface area contributed by atoms with Crippen molar-refractivity contribution in [1.82, 2.24) is 0 Å². The minimum atomic E-state index is 0.0765. The molecule has 1 aliphatic carbocycles. The quantitative estimate of drug-likeness (QED) is 0.819. The molecule has 2 N–H and O–H groups in total. The van der Waals surface area contributed by atoms with Crippen LogP contribution in [0.25, 0.3) is 0 Å². The Morgan fingerprint density at radius 2 is 1.93 bits per heavy atom. The van der Waals surface area contributed by atoms with E-state index < -0.39 is 0 Å². The zero-order chi connectivity index (χ0) is 10.7. The molecule has 0 amide bonds. The Morgan fingerprint density at radius 1 is 1.27 bits per heavy atom. The third-order valence-electron chi connectivity index (χ3n) is 3.14. The Kier molecular flexibility index (Phi) is 2.96. The van der Waals surface area contributed by atoms with Gasteiger partial charge in [-0.2, -0.15) is 0 Å². The van der Waals surface area contributed by atoms with E-state index in [1.54, 1.807) is 0 Å². The molecule has 2 heteroatoms. The number of benzene rings is 1. The maximum absolute atomic E-state index is 6.20. The molecule has 15 heavy (non-hydrogen) atoms. The molecule has 0 saturated heterocycles. The fourth-order valence-corrected chi connectivity index (χ4v) is 2.08. The van der Waals surface area contributed by atoms with E-state index >= 15 is 0 Å². The first-order valence-corrected chi connectivity index (χ1v) is 5.72. The van der Waals surface area contributed by atoms with Gasteiger partial charge in [-0.25, -0.2) is 0 Å². The summed E-state index contributed by atoms with van der Waals surface area (Å²) < 4.78 is 5.40. The second-order valence-corrected chi connectivity index (χ2v) is 4.47. The Labute approximate surface area is 91.4 Å². The van der Waals surface area contributed by atoms with Crippen molar-refractivity contribution in [3.05, 3.63) is 29.8 Å². The molecule has 0 spiro atoms. The zero-order valence-electron chi connectivity index (χ0n) is 9.33. The highest BCUT2D eigenvalue weighted by atomic mass is 16.5. The molecule has 1 saturated carbocycles. The number of hydrogen-bond acceptors (Lipinski definition) is 2. The molecule has 82 valence electrons. The molecule has 0 radical (unpaired) electrons. The number of nitrogens with two attached hydrogens (primary N) is 1. The molecule has 1 aromatic rings. The summed E-state index contributed by atoms with van der Waals surface area (Å²) in [5, 5.41) is 0. The summed E-state index contributed by atoms with van der Waals surface area (Å²) >= 11 is 0. The molecule has 2 rings (SSSR count). The molecule has 0 heterocycles. The van der Waals surface area contributed by atoms with E-state index in [0.29, 0.717) is 0 Å². The van der Waals surface area contributed by atoms with Crippen LogP contribution in [0.1, 0.15) is 31.7 Å². The van der Waals surface area contributed by atoms with Crippen molar-refractivity contribution >= 4 is 0 Å². The fraction of sp³-hybridized carbons (Fsp3) is 0.538. The number of rotatable bonds is 4. The first-order valence-electron chi connectivity index (χ1n) is 5.72. The van der Waals surface area contributed by atoms with Gasteiger partial charge in [-0.05, 0) is 50.3 Å². The van der Waals surface area contributed by atoms with Crippen LogP contribution in [0.5, 0.6) is 5.75 Å². The van der Waals surface area contributed by atoms with Crippen LogP contribution in [0.3, 0.4) is 0 Å². The second kappa shape index (κ2) is 4.23. The first-order chi connectivity index (χ1) is 7.22. The van der Waals surface area contributed by atoms with Crippen molar-refractivity contribution < 1.29 is 4.74 Å². The fourth-order valence-electron chi connectivity index (χ4n) is 2.08. The highest BCUT2D eigenvalue weighted by Gasteiger charge is 2.32. The van der Waals surface area contributed by atoms with E-state index in [1.807, 2.05) is 19.1 Å². The topological polar surface area (TPSA) is 35.2 Å². The van der Waals surface area contributed by atoms with E-state index in [1.165, 1.54) is 24.8 Å². The van der Waals surface area contributed by atoms with Crippen LogP contribution in [0.4, 0.5) is 0 Å². The third-order valence-corrected chi connectivity index (χ3v) is 3.14. The SMILES string of the molecule is CCOc1ccc(CC2(N)CCC2)cc1. The van der Waals surface area contributed by atoms with Crippen molar-refractivity contribution in [2.24, 2.45) is 5.73 Å². The zero-order valence-corrected chi connectivity index (χ0v) is 9.33. The van der Waals surface area contributed by atoms with Crippen molar-refractivity contribution in [3.63, 3.8) is 0 Å². The summed E-state index contributed by atoms with van der Waals surface area (Å²) in [4.78, 5) is 0. The van der Waals surface area contributed by atoms with Gasteiger partial charge in [0.15, 0.2) is 0 Å².